The molecule has 3 aliphatic rings. The Bertz CT molecular complexity index is 793. The Kier molecular flexibility index (Phi) is 4.20. The zero-order valence-corrected chi connectivity index (χ0v) is 15.9. The van der Waals surface area contributed by atoms with Crippen LogP contribution in [-0.2, 0) is 11.2 Å². The summed E-state index contributed by atoms with van der Waals surface area (Å²) in [7, 11) is 0. The summed E-state index contributed by atoms with van der Waals surface area (Å²) in [4.78, 5) is 22.6. The van der Waals surface area contributed by atoms with Gasteiger partial charge in [0.05, 0.1) is 5.69 Å². The van der Waals surface area contributed by atoms with E-state index in [1.165, 1.54) is 29.8 Å². The van der Waals surface area contributed by atoms with E-state index in [0.29, 0.717) is 5.91 Å². The van der Waals surface area contributed by atoms with E-state index < -0.39 is 0 Å². The highest BCUT2D eigenvalue weighted by atomic mass is 32.1. The minimum Gasteiger partial charge on any atom is -0.349 e. The highest BCUT2D eigenvalue weighted by Gasteiger charge is 2.41. The highest BCUT2D eigenvalue weighted by molar-refractivity contribution is 7.19. The molecule has 1 aromatic carbocycles. The first-order valence-corrected chi connectivity index (χ1v) is 10.7. The molecule has 136 valence electrons. The lowest BCUT2D eigenvalue weighted by atomic mass is 10.1. The average molecular weight is 368 g/mol. The second-order valence-corrected chi connectivity index (χ2v) is 8.82. The maximum absolute atomic E-state index is 13.2. The van der Waals surface area contributed by atoms with Crippen molar-refractivity contribution in [3.63, 3.8) is 0 Å². The number of hydrogen-bond donors (Lipinski definition) is 0. The predicted octanol–water partition coefficient (Wildman–Crippen LogP) is 3.96. The van der Waals surface area contributed by atoms with Gasteiger partial charge in [0.2, 0.25) is 5.91 Å². The van der Waals surface area contributed by atoms with Gasteiger partial charge >= 0.3 is 0 Å². The number of likely N-dealkylation sites (tertiary alicyclic amines) is 1. The molecular weight excluding hydrogens is 342 g/mol. The normalized spacial score (nSPS) is 22.5. The van der Waals surface area contributed by atoms with Crippen molar-refractivity contribution in [2.75, 3.05) is 24.5 Å². The average Bonchev–Trinajstić information content (AvgIpc) is 3.32. The van der Waals surface area contributed by atoms with Crippen LogP contribution in [-0.4, -0.2) is 41.5 Å². The first kappa shape index (κ1) is 16.3. The molecule has 1 aliphatic carbocycles. The highest BCUT2D eigenvalue weighted by Crippen LogP contribution is 2.44. The molecule has 2 aromatic rings. The number of amides is 1. The van der Waals surface area contributed by atoms with E-state index in [4.69, 9.17) is 4.98 Å². The molecule has 1 aromatic heterocycles. The van der Waals surface area contributed by atoms with Gasteiger partial charge in [0.1, 0.15) is 16.1 Å². The second kappa shape index (κ2) is 6.69. The molecule has 1 saturated heterocycles. The van der Waals surface area contributed by atoms with Crippen LogP contribution in [0.15, 0.2) is 30.3 Å². The monoisotopic (exact) mass is 367 g/mol. The molecule has 0 spiro atoms. The molecule has 3 heterocycles. The predicted molar refractivity (Wildman–Crippen MR) is 106 cm³/mol. The molecule has 2 aliphatic heterocycles. The number of hydrogen-bond acceptors (Lipinski definition) is 4. The summed E-state index contributed by atoms with van der Waals surface area (Å²) in [5.41, 5.74) is 2.31. The molecule has 26 heavy (non-hydrogen) atoms. The van der Waals surface area contributed by atoms with Crippen LogP contribution < -0.4 is 4.90 Å². The summed E-state index contributed by atoms with van der Waals surface area (Å²) in [6, 6.07) is 10.4. The SMILES string of the molecule is O=C([C@@H]1Cc2nc(-c3ccccc3)sc2N1CC1CC1)N1CCCCC1. The number of anilines is 1. The topological polar surface area (TPSA) is 36.4 Å². The molecule has 1 saturated carbocycles. The zero-order chi connectivity index (χ0) is 17.5. The van der Waals surface area contributed by atoms with Crippen LogP contribution in [0.25, 0.3) is 10.6 Å². The van der Waals surface area contributed by atoms with Crippen LogP contribution in [0.1, 0.15) is 37.8 Å². The van der Waals surface area contributed by atoms with Crippen molar-refractivity contribution in [2.45, 2.75) is 44.6 Å². The molecule has 0 N–H and O–H groups in total. The first-order valence-electron chi connectivity index (χ1n) is 9.90. The van der Waals surface area contributed by atoms with E-state index >= 15 is 0 Å². The summed E-state index contributed by atoms with van der Waals surface area (Å²) in [6.07, 6.45) is 6.95. The summed E-state index contributed by atoms with van der Waals surface area (Å²) in [6.45, 7) is 2.89. The second-order valence-electron chi connectivity index (χ2n) is 7.84. The Morgan fingerprint density at radius 2 is 1.88 bits per heavy atom. The van der Waals surface area contributed by atoms with Gasteiger partial charge < -0.3 is 9.80 Å². The minimum atomic E-state index is -0.0210. The van der Waals surface area contributed by atoms with Crippen molar-refractivity contribution >= 4 is 22.2 Å². The number of carbonyl (C=O) groups is 1. The fraction of sp³-hybridized carbons (Fsp3) is 0.524. The van der Waals surface area contributed by atoms with Crippen molar-refractivity contribution in [3.8, 4) is 10.6 Å². The van der Waals surface area contributed by atoms with Crippen molar-refractivity contribution < 1.29 is 4.79 Å². The number of aromatic nitrogens is 1. The summed E-state index contributed by atoms with van der Waals surface area (Å²) >= 11 is 1.76. The third kappa shape index (κ3) is 3.02. The number of thiazole rings is 1. The van der Waals surface area contributed by atoms with Crippen LogP contribution in [0.2, 0.25) is 0 Å². The van der Waals surface area contributed by atoms with Gasteiger partial charge in [-0.3, -0.25) is 4.79 Å². The number of benzene rings is 1. The van der Waals surface area contributed by atoms with E-state index in [2.05, 4.69) is 34.1 Å². The van der Waals surface area contributed by atoms with Gasteiger partial charge in [-0.1, -0.05) is 41.7 Å². The largest absolute Gasteiger partial charge is 0.349 e. The van der Waals surface area contributed by atoms with Crippen LogP contribution in [0.5, 0.6) is 0 Å². The Labute approximate surface area is 158 Å². The molecule has 0 radical (unpaired) electrons. The number of nitrogens with zero attached hydrogens (tertiary/aromatic N) is 3. The fourth-order valence-corrected chi connectivity index (χ4v) is 5.33. The van der Waals surface area contributed by atoms with Gasteiger partial charge in [-0.2, -0.15) is 0 Å². The molecule has 5 rings (SSSR count). The van der Waals surface area contributed by atoms with Crippen LogP contribution in [0.4, 0.5) is 5.00 Å². The third-order valence-electron chi connectivity index (χ3n) is 5.83. The van der Waals surface area contributed by atoms with Crippen molar-refractivity contribution in [1.82, 2.24) is 9.88 Å². The number of rotatable bonds is 4. The molecule has 5 heteroatoms. The van der Waals surface area contributed by atoms with Gasteiger partial charge in [-0.15, -0.1) is 0 Å². The molecule has 0 unspecified atom stereocenters. The molecule has 0 bridgehead atoms. The van der Waals surface area contributed by atoms with Gasteiger partial charge in [0.15, 0.2) is 0 Å². The van der Waals surface area contributed by atoms with Gasteiger partial charge in [-0.25, -0.2) is 4.98 Å². The molecule has 1 atom stereocenters. The molecule has 1 amide bonds. The van der Waals surface area contributed by atoms with E-state index in [0.717, 1.165) is 55.5 Å². The first-order chi connectivity index (χ1) is 12.8. The Hall–Kier alpha value is -1.88. The molecule has 2 fully saturated rings. The maximum atomic E-state index is 13.2. The lowest BCUT2D eigenvalue weighted by molar-refractivity contribution is -0.133. The lowest BCUT2D eigenvalue weighted by Crippen LogP contribution is -2.49. The standard InChI is InChI=1S/C21H25N3OS/c25-20(23-11-5-2-6-12-23)18-13-17-21(24(18)14-15-9-10-15)26-19(22-17)16-7-3-1-4-8-16/h1,3-4,7-8,15,18H,2,5-6,9-14H2/t18-/m0/s1. The lowest BCUT2D eigenvalue weighted by Gasteiger charge is -2.33. The maximum Gasteiger partial charge on any atom is 0.245 e. The van der Waals surface area contributed by atoms with Crippen LogP contribution >= 0.6 is 11.3 Å². The van der Waals surface area contributed by atoms with E-state index in [9.17, 15) is 4.79 Å². The minimum absolute atomic E-state index is 0.0210. The zero-order valence-electron chi connectivity index (χ0n) is 15.1. The van der Waals surface area contributed by atoms with Crippen molar-refractivity contribution in [2.24, 2.45) is 5.92 Å². The van der Waals surface area contributed by atoms with E-state index in [1.807, 2.05) is 6.07 Å². The van der Waals surface area contributed by atoms with Gasteiger partial charge in [0, 0.05) is 31.6 Å². The third-order valence-corrected chi connectivity index (χ3v) is 7.01. The number of piperidine rings is 1. The summed E-state index contributed by atoms with van der Waals surface area (Å²) < 4.78 is 0. The van der Waals surface area contributed by atoms with E-state index in [-0.39, 0.29) is 6.04 Å². The quantitative estimate of drug-likeness (QED) is 0.821. The van der Waals surface area contributed by atoms with Crippen molar-refractivity contribution in [3.05, 3.63) is 36.0 Å². The summed E-state index contributed by atoms with van der Waals surface area (Å²) in [5, 5.41) is 2.33. The van der Waals surface area contributed by atoms with Crippen molar-refractivity contribution in [1.29, 1.82) is 0 Å². The smallest absolute Gasteiger partial charge is 0.245 e. The molecule has 4 nitrogen and oxygen atoms in total. The number of carbonyl (C=O) groups excluding carboxylic acids is 1. The van der Waals surface area contributed by atoms with Gasteiger partial charge in [-0.05, 0) is 38.0 Å². The van der Waals surface area contributed by atoms with Crippen LogP contribution in [0.3, 0.4) is 0 Å². The summed E-state index contributed by atoms with van der Waals surface area (Å²) in [5.74, 6) is 1.09. The fourth-order valence-electron chi connectivity index (χ4n) is 4.17. The Balaban J connectivity index is 1.42. The number of fused-ring (bicyclic) bond motifs is 1. The Morgan fingerprint density at radius 3 is 2.62 bits per heavy atom. The molecular formula is C21H25N3OS. The van der Waals surface area contributed by atoms with E-state index in [1.54, 1.807) is 11.3 Å². The van der Waals surface area contributed by atoms with Crippen LogP contribution in [0, 0.1) is 5.92 Å². The van der Waals surface area contributed by atoms with Gasteiger partial charge in [0.25, 0.3) is 0 Å². The Morgan fingerprint density at radius 1 is 1.12 bits per heavy atom.